The molecule has 0 amide bonds. The van der Waals surface area contributed by atoms with Gasteiger partial charge < -0.3 is 4.90 Å². The summed E-state index contributed by atoms with van der Waals surface area (Å²) in [4.78, 5) is 2.56. The zero-order valence-corrected chi connectivity index (χ0v) is 37.6. The first-order valence-electron chi connectivity index (χ1n) is 22.2. The van der Waals surface area contributed by atoms with Gasteiger partial charge in [0.15, 0.2) is 11.4 Å². The number of thioether (sulfide) groups is 1. The van der Waals surface area contributed by atoms with Crippen LogP contribution >= 0.6 is 34.4 Å². The summed E-state index contributed by atoms with van der Waals surface area (Å²) in [5, 5.41) is 11.2. The van der Waals surface area contributed by atoms with Crippen LogP contribution < -0.4 is 9.13 Å². The lowest BCUT2D eigenvalue weighted by Gasteiger charge is -2.21. The van der Waals surface area contributed by atoms with Gasteiger partial charge in [-0.1, -0.05) is 177 Å². The van der Waals surface area contributed by atoms with Crippen molar-refractivity contribution < 1.29 is 9.13 Å². The quantitative estimate of drug-likeness (QED) is 0.0429. The number of unbranched alkanes of at least 4 members (excludes halogenated alkanes) is 21. The molecule has 0 radical (unpaired) electrons. The fourth-order valence-electron chi connectivity index (χ4n) is 7.39. The zero-order valence-electron chi connectivity index (χ0n) is 35.2. The highest BCUT2D eigenvalue weighted by Gasteiger charge is 2.22. The predicted octanol–water partition coefficient (Wildman–Crippen LogP) is 15.3. The molecule has 0 atom stereocenters. The van der Waals surface area contributed by atoms with Gasteiger partial charge in [-0.25, -0.2) is 0 Å². The summed E-state index contributed by atoms with van der Waals surface area (Å²) in [5.41, 5.74) is 5.50. The third-order valence-electron chi connectivity index (χ3n) is 10.9. The van der Waals surface area contributed by atoms with E-state index >= 15 is 0 Å². The lowest BCUT2D eigenvalue weighted by Crippen LogP contribution is -2.38. The maximum Gasteiger partial charge on any atom is 0.269 e. The second kappa shape index (κ2) is 28.7. The smallest absolute Gasteiger partial charge is 0.269 e. The number of aryl methyl sites for hydroxylation is 2. The summed E-state index contributed by atoms with van der Waals surface area (Å²) in [7, 11) is 0. The molecule has 6 heteroatoms. The first-order chi connectivity index (χ1) is 26.0. The molecule has 0 aliphatic carbocycles. The Balaban J connectivity index is 1.74. The van der Waals surface area contributed by atoms with E-state index < -0.39 is 0 Å². The highest BCUT2D eigenvalue weighted by Crippen LogP contribution is 2.35. The monoisotopic (exact) mass is 782 g/mol. The molecule has 3 nitrogen and oxygen atoms in total. The Morgan fingerprint density at radius 1 is 0.585 bits per heavy atom. The molecule has 0 saturated carbocycles. The van der Waals surface area contributed by atoms with Crippen LogP contribution in [0.2, 0.25) is 0 Å². The van der Waals surface area contributed by atoms with Crippen LogP contribution in [0.15, 0.2) is 45.1 Å². The summed E-state index contributed by atoms with van der Waals surface area (Å²) in [6.45, 7) is 17.1. The van der Waals surface area contributed by atoms with Gasteiger partial charge in [0.25, 0.3) is 10.0 Å². The van der Waals surface area contributed by atoms with E-state index in [-0.39, 0.29) is 0 Å². The molecule has 298 valence electrons. The van der Waals surface area contributed by atoms with E-state index in [1.165, 1.54) is 192 Å². The number of rotatable bonds is 31. The average Bonchev–Trinajstić information content (AvgIpc) is 3.83. The summed E-state index contributed by atoms with van der Waals surface area (Å²) in [6, 6.07) is 0. The Labute approximate surface area is 340 Å². The van der Waals surface area contributed by atoms with E-state index in [1.54, 1.807) is 0 Å². The third kappa shape index (κ3) is 17.8. The molecule has 1 aliphatic rings. The van der Waals surface area contributed by atoms with Crippen molar-refractivity contribution in [2.45, 2.75) is 209 Å². The normalized spacial score (nSPS) is 14.5. The van der Waals surface area contributed by atoms with Crippen molar-refractivity contribution in [1.29, 1.82) is 0 Å². The standard InChI is InChI=1S/C47H79N3S3/c1-7-10-13-16-19-22-25-28-35-48-41(4)38-51-45(48)33-31-44(47-50(43(6)40-53-47)37-30-27-24-21-18-15-12-9-3)32-34-46-49(42(5)39-52-46)36-29-26-23-20-17-14-11-8-2/h31-34,38-40H,7-30,35-37H2,1-6H3/q+2. The van der Waals surface area contributed by atoms with Crippen LogP contribution in [0.25, 0.3) is 11.6 Å². The van der Waals surface area contributed by atoms with Gasteiger partial charge in [0.05, 0.1) is 21.4 Å². The molecule has 0 saturated heterocycles. The van der Waals surface area contributed by atoms with Crippen molar-refractivity contribution in [3.8, 4) is 0 Å². The maximum atomic E-state index is 2.61. The van der Waals surface area contributed by atoms with Crippen LogP contribution in [0.3, 0.4) is 0 Å². The van der Waals surface area contributed by atoms with Crippen LogP contribution in [-0.2, 0) is 13.1 Å². The minimum Gasteiger partial charge on any atom is -0.339 e. The Morgan fingerprint density at radius 3 is 1.62 bits per heavy atom. The molecular weight excluding hydrogens is 703 g/mol. The molecule has 0 fully saturated rings. The summed E-state index contributed by atoms with van der Waals surface area (Å²) in [5.74, 6) is 0. The molecule has 0 unspecified atom stereocenters. The number of aromatic nitrogens is 2. The largest absolute Gasteiger partial charge is 0.339 e. The number of nitrogens with zero attached hydrogens (tertiary/aromatic N) is 3. The first-order valence-corrected chi connectivity index (χ1v) is 24.8. The van der Waals surface area contributed by atoms with Crippen molar-refractivity contribution in [2.75, 3.05) is 6.54 Å². The zero-order chi connectivity index (χ0) is 37.9. The summed E-state index contributed by atoms with van der Waals surface area (Å²) in [6.07, 6.45) is 42.4. The topological polar surface area (TPSA) is 11.0 Å². The highest BCUT2D eigenvalue weighted by molar-refractivity contribution is 8.06. The van der Waals surface area contributed by atoms with Gasteiger partial charge in [-0.2, -0.15) is 9.13 Å². The SMILES string of the molecule is CCCCCCCCCCN1C(C)=CS\C1=C/C=C(/C=C/c1scc(C)[n+]1CCCCCCCCCC)c1scc(C)[n+]1CCCCCCCCCC. The third-order valence-corrected chi connectivity index (χ3v) is 14.1. The predicted molar refractivity (Wildman–Crippen MR) is 239 cm³/mol. The molecule has 0 aromatic carbocycles. The van der Waals surface area contributed by atoms with E-state index in [0.29, 0.717) is 0 Å². The van der Waals surface area contributed by atoms with E-state index in [4.69, 9.17) is 0 Å². The minimum absolute atomic E-state index is 1.11. The van der Waals surface area contributed by atoms with Crippen LogP contribution in [-0.4, -0.2) is 11.4 Å². The lowest BCUT2D eigenvalue weighted by molar-refractivity contribution is -0.700. The minimum atomic E-state index is 1.11. The van der Waals surface area contributed by atoms with Gasteiger partial charge in [-0.3, -0.25) is 0 Å². The molecule has 53 heavy (non-hydrogen) atoms. The second-order valence-corrected chi connectivity index (χ2v) is 18.3. The van der Waals surface area contributed by atoms with E-state index in [0.717, 1.165) is 19.6 Å². The molecule has 0 spiro atoms. The van der Waals surface area contributed by atoms with Crippen LogP contribution in [0.1, 0.15) is 203 Å². The Hall–Kier alpha value is -1.63. The second-order valence-electron chi connectivity index (χ2n) is 15.6. The molecular formula is C47H79N3S3+2. The van der Waals surface area contributed by atoms with Gasteiger partial charge in [-0.05, 0) is 49.8 Å². The number of allylic oxidation sites excluding steroid dienone is 5. The molecule has 1 aliphatic heterocycles. The van der Waals surface area contributed by atoms with Gasteiger partial charge in [0.1, 0.15) is 13.1 Å². The number of hydrogen-bond donors (Lipinski definition) is 0. The number of thiazole rings is 2. The van der Waals surface area contributed by atoms with Crippen LogP contribution in [0.4, 0.5) is 0 Å². The molecule has 3 rings (SSSR count). The van der Waals surface area contributed by atoms with Gasteiger partial charge in [0, 0.05) is 45.0 Å². The van der Waals surface area contributed by atoms with Crippen LogP contribution in [0.5, 0.6) is 0 Å². The van der Waals surface area contributed by atoms with Crippen LogP contribution in [0, 0.1) is 13.8 Å². The Morgan fingerprint density at radius 2 is 1.06 bits per heavy atom. The van der Waals surface area contributed by atoms with Crippen molar-refractivity contribution in [2.24, 2.45) is 0 Å². The van der Waals surface area contributed by atoms with Gasteiger partial charge in [0.2, 0.25) is 0 Å². The van der Waals surface area contributed by atoms with Crippen molar-refractivity contribution >= 4 is 46.1 Å². The van der Waals surface area contributed by atoms with Gasteiger partial charge in [-0.15, -0.1) is 0 Å². The summed E-state index contributed by atoms with van der Waals surface area (Å²) >= 11 is 5.72. The highest BCUT2D eigenvalue weighted by atomic mass is 32.2. The average molecular weight is 782 g/mol. The lowest BCUT2D eigenvalue weighted by atomic mass is 10.1. The molecule has 2 aromatic heterocycles. The van der Waals surface area contributed by atoms with Crippen molar-refractivity contribution in [3.05, 3.63) is 66.5 Å². The fraction of sp³-hybridized carbons (Fsp3) is 0.702. The first kappa shape index (κ1) is 45.8. The van der Waals surface area contributed by atoms with Crippen molar-refractivity contribution in [1.82, 2.24) is 4.90 Å². The molecule has 3 heterocycles. The molecule has 0 bridgehead atoms. The van der Waals surface area contributed by atoms with Gasteiger partial charge >= 0.3 is 0 Å². The maximum absolute atomic E-state index is 2.61. The van der Waals surface area contributed by atoms with E-state index in [9.17, 15) is 0 Å². The summed E-state index contributed by atoms with van der Waals surface area (Å²) < 4.78 is 5.17. The van der Waals surface area contributed by atoms with Crippen molar-refractivity contribution in [3.63, 3.8) is 0 Å². The van der Waals surface area contributed by atoms with E-state index in [1.807, 2.05) is 34.4 Å². The molecule has 2 aromatic rings. The fourth-order valence-corrected chi connectivity index (χ4v) is 10.3. The Bertz CT molecular complexity index is 1380. The van der Waals surface area contributed by atoms with E-state index in [2.05, 4.69) is 96.0 Å². The molecule has 0 N–H and O–H groups in total. The number of hydrogen-bond acceptors (Lipinski definition) is 4. The Kier molecular flexibility index (Phi) is 24.8.